The van der Waals surface area contributed by atoms with Gasteiger partial charge in [0.05, 0.1) is 11.5 Å². The summed E-state index contributed by atoms with van der Waals surface area (Å²) in [5.74, 6) is 0.552. The van der Waals surface area contributed by atoms with Crippen molar-refractivity contribution in [2.24, 2.45) is 0 Å². The van der Waals surface area contributed by atoms with Crippen LogP contribution in [0, 0.1) is 10.1 Å². The minimum Gasteiger partial charge on any atom is -0.384 e. The van der Waals surface area contributed by atoms with Gasteiger partial charge in [-0.05, 0) is 13.0 Å². The standard InChI is InChI=1S/C10H16N4O3/c1-3-13(6-7-17-2)10-8(14(15)16)4-5-9(11)12-10/h4-5H,3,6-7H2,1-2H3,(H2,11,12). The van der Waals surface area contributed by atoms with Crippen molar-refractivity contribution in [3.63, 3.8) is 0 Å². The maximum atomic E-state index is 10.9. The van der Waals surface area contributed by atoms with Gasteiger partial charge in [-0.2, -0.15) is 0 Å². The third-order valence-electron chi connectivity index (χ3n) is 2.32. The highest BCUT2D eigenvalue weighted by atomic mass is 16.6. The second-order valence-electron chi connectivity index (χ2n) is 3.41. The van der Waals surface area contributed by atoms with E-state index in [1.807, 2.05) is 6.92 Å². The molecule has 7 nitrogen and oxygen atoms in total. The van der Waals surface area contributed by atoms with Crippen molar-refractivity contribution >= 4 is 17.3 Å². The van der Waals surface area contributed by atoms with Gasteiger partial charge in [-0.3, -0.25) is 10.1 Å². The topological polar surface area (TPSA) is 94.5 Å². The summed E-state index contributed by atoms with van der Waals surface area (Å²) in [4.78, 5) is 16.2. The first kappa shape index (κ1) is 13.2. The van der Waals surface area contributed by atoms with Gasteiger partial charge in [0.2, 0.25) is 5.82 Å². The molecular formula is C10H16N4O3. The van der Waals surface area contributed by atoms with E-state index in [1.165, 1.54) is 12.1 Å². The Bertz CT molecular complexity index is 397. The van der Waals surface area contributed by atoms with Gasteiger partial charge in [-0.15, -0.1) is 0 Å². The first-order valence-corrected chi connectivity index (χ1v) is 5.25. The summed E-state index contributed by atoms with van der Waals surface area (Å²) in [6.45, 7) is 3.50. The molecular weight excluding hydrogens is 224 g/mol. The van der Waals surface area contributed by atoms with Crippen LogP contribution in [0.3, 0.4) is 0 Å². The molecule has 1 aromatic rings. The molecule has 0 radical (unpaired) electrons. The molecule has 0 aliphatic carbocycles. The maximum Gasteiger partial charge on any atom is 0.311 e. The van der Waals surface area contributed by atoms with E-state index in [0.717, 1.165) is 0 Å². The number of ether oxygens (including phenoxy) is 1. The number of aromatic nitrogens is 1. The first-order valence-electron chi connectivity index (χ1n) is 5.25. The maximum absolute atomic E-state index is 10.9. The van der Waals surface area contributed by atoms with Gasteiger partial charge in [0, 0.05) is 26.3 Å². The van der Waals surface area contributed by atoms with Crippen molar-refractivity contribution in [1.82, 2.24) is 4.98 Å². The predicted octanol–water partition coefficient (Wildman–Crippen LogP) is 1.04. The van der Waals surface area contributed by atoms with Crippen LogP contribution < -0.4 is 10.6 Å². The van der Waals surface area contributed by atoms with E-state index in [4.69, 9.17) is 10.5 Å². The van der Waals surface area contributed by atoms with Crippen LogP contribution in [-0.4, -0.2) is 36.7 Å². The number of nitro groups is 1. The Hall–Kier alpha value is -1.89. The number of hydrogen-bond acceptors (Lipinski definition) is 6. The third kappa shape index (κ3) is 3.28. The summed E-state index contributed by atoms with van der Waals surface area (Å²) in [5, 5.41) is 10.9. The monoisotopic (exact) mass is 240 g/mol. The Morgan fingerprint density at radius 3 is 2.82 bits per heavy atom. The molecule has 0 saturated carbocycles. The van der Waals surface area contributed by atoms with Crippen molar-refractivity contribution in [3.05, 3.63) is 22.2 Å². The molecule has 17 heavy (non-hydrogen) atoms. The van der Waals surface area contributed by atoms with E-state index in [1.54, 1.807) is 12.0 Å². The molecule has 1 heterocycles. The van der Waals surface area contributed by atoms with Crippen LogP contribution in [-0.2, 0) is 4.74 Å². The zero-order chi connectivity index (χ0) is 12.8. The van der Waals surface area contributed by atoms with Gasteiger partial charge >= 0.3 is 5.69 Å². The molecule has 0 aliphatic rings. The zero-order valence-electron chi connectivity index (χ0n) is 9.92. The number of rotatable bonds is 6. The molecule has 0 aromatic carbocycles. The van der Waals surface area contributed by atoms with Crippen LogP contribution in [0.15, 0.2) is 12.1 Å². The molecule has 1 aromatic heterocycles. The minimum atomic E-state index is -0.461. The lowest BCUT2D eigenvalue weighted by Crippen LogP contribution is -2.28. The molecule has 0 amide bonds. The molecule has 1 rings (SSSR count). The van der Waals surface area contributed by atoms with Crippen LogP contribution in [0.5, 0.6) is 0 Å². The van der Waals surface area contributed by atoms with Gasteiger partial charge in [0.25, 0.3) is 0 Å². The van der Waals surface area contributed by atoms with E-state index in [9.17, 15) is 10.1 Å². The predicted molar refractivity (Wildman–Crippen MR) is 65.1 cm³/mol. The van der Waals surface area contributed by atoms with Gasteiger partial charge in [-0.25, -0.2) is 4.98 Å². The molecule has 0 aliphatic heterocycles. The summed E-state index contributed by atoms with van der Waals surface area (Å²) in [6, 6.07) is 2.79. The molecule has 0 spiro atoms. The molecule has 94 valence electrons. The van der Waals surface area contributed by atoms with E-state index in [0.29, 0.717) is 19.7 Å². The summed E-state index contributed by atoms with van der Waals surface area (Å²) >= 11 is 0. The van der Waals surface area contributed by atoms with Gasteiger partial charge < -0.3 is 15.4 Å². The largest absolute Gasteiger partial charge is 0.384 e. The highest BCUT2D eigenvalue weighted by molar-refractivity contribution is 5.60. The summed E-state index contributed by atoms with van der Waals surface area (Å²) in [6.07, 6.45) is 0. The number of pyridine rings is 1. The fourth-order valence-electron chi connectivity index (χ4n) is 1.45. The number of hydrogen-bond donors (Lipinski definition) is 1. The molecule has 2 N–H and O–H groups in total. The summed E-state index contributed by atoms with van der Waals surface area (Å²) in [7, 11) is 1.58. The normalized spacial score (nSPS) is 10.2. The van der Waals surface area contributed by atoms with Crippen LogP contribution >= 0.6 is 0 Å². The lowest BCUT2D eigenvalue weighted by molar-refractivity contribution is -0.384. The number of nitrogen functional groups attached to an aromatic ring is 1. The quantitative estimate of drug-likeness (QED) is 0.589. The van der Waals surface area contributed by atoms with E-state index >= 15 is 0 Å². The lowest BCUT2D eigenvalue weighted by Gasteiger charge is -2.21. The summed E-state index contributed by atoms with van der Waals surface area (Å²) < 4.78 is 4.96. The molecule has 0 bridgehead atoms. The minimum absolute atomic E-state index is 0.0443. The van der Waals surface area contributed by atoms with Crippen LogP contribution in [0.25, 0.3) is 0 Å². The molecule has 0 saturated heterocycles. The van der Waals surface area contributed by atoms with Crippen molar-refractivity contribution in [2.75, 3.05) is 37.4 Å². The highest BCUT2D eigenvalue weighted by Crippen LogP contribution is 2.26. The average molecular weight is 240 g/mol. The average Bonchev–Trinajstić information content (AvgIpc) is 2.29. The second kappa shape index (κ2) is 6.00. The number of methoxy groups -OCH3 is 1. The SMILES string of the molecule is CCN(CCOC)c1nc(N)ccc1[N+](=O)[O-]. The van der Waals surface area contributed by atoms with Crippen LogP contribution in [0.1, 0.15) is 6.92 Å². The molecule has 0 unspecified atom stereocenters. The Kier molecular flexibility index (Phi) is 4.65. The molecule has 0 atom stereocenters. The molecule has 7 heteroatoms. The number of nitrogens with two attached hydrogens (primary N) is 1. The van der Waals surface area contributed by atoms with E-state index in [-0.39, 0.29) is 17.3 Å². The fourth-order valence-corrected chi connectivity index (χ4v) is 1.45. The lowest BCUT2D eigenvalue weighted by atomic mass is 10.3. The Morgan fingerprint density at radius 1 is 1.59 bits per heavy atom. The Balaban J connectivity index is 3.06. The van der Waals surface area contributed by atoms with Crippen molar-refractivity contribution in [3.8, 4) is 0 Å². The highest BCUT2D eigenvalue weighted by Gasteiger charge is 2.20. The van der Waals surface area contributed by atoms with E-state index < -0.39 is 4.92 Å². The van der Waals surface area contributed by atoms with Crippen LogP contribution in [0.4, 0.5) is 17.3 Å². The second-order valence-corrected chi connectivity index (χ2v) is 3.41. The number of anilines is 2. The third-order valence-corrected chi connectivity index (χ3v) is 2.32. The van der Waals surface area contributed by atoms with Crippen molar-refractivity contribution in [1.29, 1.82) is 0 Å². The summed E-state index contributed by atoms with van der Waals surface area (Å²) in [5.41, 5.74) is 5.51. The van der Waals surface area contributed by atoms with E-state index in [2.05, 4.69) is 4.98 Å². The molecule has 0 fully saturated rings. The number of nitrogens with zero attached hydrogens (tertiary/aromatic N) is 3. The first-order chi connectivity index (χ1) is 8.10. The Labute approximate surface area is 99.3 Å². The van der Waals surface area contributed by atoms with Gasteiger partial charge in [0.15, 0.2) is 0 Å². The zero-order valence-corrected chi connectivity index (χ0v) is 9.92. The fraction of sp³-hybridized carbons (Fsp3) is 0.500. The van der Waals surface area contributed by atoms with Gasteiger partial charge in [0.1, 0.15) is 5.82 Å². The number of likely N-dealkylation sites (N-methyl/N-ethyl adjacent to an activating group) is 1. The van der Waals surface area contributed by atoms with Crippen molar-refractivity contribution < 1.29 is 9.66 Å². The smallest absolute Gasteiger partial charge is 0.311 e. The van der Waals surface area contributed by atoms with Gasteiger partial charge in [-0.1, -0.05) is 0 Å². The van der Waals surface area contributed by atoms with Crippen molar-refractivity contribution in [2.45, 2.75) is 6.92 Å². The Morgan fingerprint density at radius 2 is 2.29 bits per heavy atom. The van der Waals surface area contributed by atoms with Crippen LogP contribution in [0.2, 0.25) is 0 Å².